The predicted molar refractivity (Wildman–Crippen MR) is 320 cm³/mol. The second-order valence-corrected chi connectivity index (χ2v) is 20.3. The maximum absolute atomic E-state index is 6.20. The number of nitrogens with zero attached hydrogens (tertiary/aromatic N) is 5. The molecule has 0 saturated carbocycles. The summed E-state index contributed by atoms with van der Waals surface area (Å²) in [6.07, 6.45) is 0. The highest BCUT2D eigenvalue weighted by atomic mass is 16.3. The van der Waals surface area contributed by atoms with Gasteiger partial charge in [-0.15, -0.1) is 0 Å². The largest absolute Gasteiger partial charge is 0.456 e. The number of furan rings is 1. The molecule has 358 valence electrons. The van der Waals surface area contributed by atoms with E-state index < -0.39 is 0 Å². The Kier molecular flexibility index (Phi) is 8.74. The van der Waals surface area contributed by atoms with E-state index in [4.69, 9.17) is 9.40 Å². The molecule has 0 aliphatic rings. The fourth-order valence-electron chi connectivity index (χ4n) is 12.8. The van der Waals surface area contributed by atoms with Gasteiger partial charge in [0.1, 0.15) is 17.0 Å². The Bertz CT molecular complexity index is 5240. The Morgan fingerprint density at radius 1 is 0.260 bits per heavy atom. The zero-order valence-electron chi connectivity index (χ0n) is 41.5. The van der Waals surface area contributed by atoms with Crippen molar-refractivity contribution in [1.82, 2.24) is 23.3 Å². The number of para-hydroxylation sites is 6. The molecule has 0 aliphatic heterocycles. The first kappa shape index (κ1) is 42.0. The van der Waals surface area contributed by atoms with Crippen molar-refractivity contribution in [1.29, 1.82) is 0 Å². The van der Waals surface area contributed by atoms with E-state index in [0.717, 1.165) is 100 Å². The van der Waals surface area contributed by atoms with Gasteiger partial charge in [0.15, 0.2) is 0 Å². The Balaban J connectivity index is 0.858. The van der Waals surface area contributed by atoms with E-state index in [0.29, 0.717) is 0 Å². The minimum atomic E-state index is 0.861. The minimum absolute atomic E-state index is 0.861. The monoisotopic (exact) mass is 981 g/mol. The summed E-state index contributed by atoms with van der Waals surface area (Å²) in [5.41, 5.74) is 18.6. The van der Waals surface area contributed by atoms with Gasteiger partial charge < -0.3 is 18.1 Å². The summed E-state index contributed by atoms with van der Waals surface area (Å²) in [4.78, 5) is 5.43. The SMILES string of the molecule is c1ccc(-n2c3ccc(-c4cccc(-n5c6ccccc6c6cc7c8ccccc8n(-c8cccc(-c9ccc%10oc%11ccccc%11c%10c9)n8)c7cc65)c4)cc3c3c(-n4c5ccccc5c5ccccc54)cccc32)cc1. The van der Waals surface area contributed by atoms with Gasteiger partial charge in [-0.1, -0.05) is 140 Å². The van der Waals surface area contributed by atoms with E-state index in [2.05, 4.69) is 267 Å². The van der Waals surface area contributed by atoms with Crippen LogP contribution in [-0.4, -0.2) is 23.3 Å². The van der Waals surface area contributed by atoms with E-state index in [1.54, 1.807) is 0 Å². The highest BCUT2D eigenvalue weighted by Gasteiger charge is 2.23. The van der Waals surface area contributed by atoms with Gasteiger partial charge in [-0.2, -0.15) is 0 Å². The standard InChI is InChI=1S/C71H43N5O/c1-2-18-47(19-3-1)73-63-37-35-45(40-57(63)71-64(73)31-16-32-65(71)75-60-28-10-4-21-49(60)50-22-5-11-29-61(50)75)44-17-14-20-48(39-44)74-59-27-9-6-23-51(59)54-42-55-52-24-7-12-30-62(52)76(67(55)43-66(54)74)70-34-15-26-58(72-70)46-36-38-69-56(41-46)53-25-8-13-33-68(53)77-69/h1-43H. The van der Waals surface area contributed by atoms with Gasteiger partial charge in [0.25, 0.3) is 0 Å². The first-order chi connectivity index (χ1) is 38.2. The Morgan fingerprint density at radius 2 is 0.779 bits per heavy atom. The van der Waals surface area contributed by atoms with Gasteiger partial charge in [0.05, 0.1) is 55.5 Å². The molecule has 0 spiro atoms. The normalized spacial score (nSPS) is 12.2. The zero-order valence-corrected chi connectivity index (χ0v) is 41.5. The molecule has 6 aromatic heterocycles. The highest BCUT2D eigenvalue weighted by Crippen LogP contribution is 2.44. The molecule has 77 heavy (non-hydrogen) atoms. The molecule has 0 atom stereocenters. The predicted octanol–water partition coefficient (Wildman–Crippen LogP) is 18.7. The van der Waals surface area contributed by atoms with Crippen LogP contribution in [0.5, 0.6) is 0 Å². The molecule has 0 bridgehead atoms. The number of aromatic nitrogens is 5. The van der Waals surface area contributed by atoms with Gasteiger partial charge in [0.2, 0.25) is 0 Å². The molecule has 17 rings (SSSR count). The number of pyridine rings is 1. The van der Waals surface area contributed by atoms with Gasteiger partial charge in [-0.25, -0.2) is 4.98 Å². The molecule has 6 heterocycles. The molecule has 0 N–H and O–H groups in total. The van der Waals surface area contributed by atoms with Crippen LogP contribution in [0.4, 0.5) is 0 Å². The van der Waals surface area contributed by atoms with E-state index >= 15 is 0 Å². The van der Waals surface area contributed by atoms with E-state index in [-0.39, 0.29) is 0 Å². The average molecular weight is 982 g/mol. The van der Waals surface area contributed by atoms with Gasteiger partial charge in [-0.05, 0) is 132 Å². The third-order valence-electron chi connectivity index (χ3n) is 16.1. The van der Waals surface area contributed by atoms with Crippen molar-refractivity contribution in [3.05, 3.63) is 261 Å². The van der Waals surface area contributed by atoms with Crippen LogP contribution in [0.15, 0.2) is 265 Å². The molecule has 0 fully saturated rings. The van der Waals surface area contributed by atoms with Crippen LogP contribution in [0.3, 0.4) is 0 Å². The van der Waals surface area contributed by atoms with Crippen LogP contribution in [0.2, 0.25) is 0 Å². The summed E-state index contributed by atoms with van der Waals surface area (Å²) >= 11 is 0. The highest BCUT2D eigenvalue weighted by molar-refractivity contribution is 6.20. The van der Waals surface area contributed by atoms with Crippen molar-refractivity contribution >= 4 is 109 Å². The van der Waals surface area contributed by atoms with Crippen LogP contribution in [-0.2, 0) is 0 Å². The first-order valence-electron chi connectivity index (χ1n) is 26.3. The smallest absolute Gasteiger partial charge is 0.138 e. The molecule has 11 aromatic carbocycles. The summed E-state index contributed by atoms with van der Waals surface area (Å²) in [5.74, 6) is 0.861. The first-order valence-corrected chi connectivity index (χ1v) is 26.3. The lowest BCUT2D eigenvalue weighted by Gasteiger charge is -2.12. The lowest BCUT2D eigenvalue weighted by atomic mass is 10.0. The summed E-state index contributed by atoms with van der Waals surface area (Å²) < 4.78 is 15.9. The van der Waals surface area contributed by atoms with Crippen molar-refractivity contribution in [3.63, 3.8) is 0 Å². The van der Waals surface area contributed by atoms with Crippen LogP contribution in [0.25, 0.3) is 154 Å². The van der Waals surface area contributed by atoms with Gasteiger partial charge in [-0.3, -0.25) is 4.57 Å². The Labute approximate surface area is 440 Å². The number of fused-ring (bicyclic) bond motifs is 15. The van der Waals surface area contributed by atoms with Crippen molar-refractivity contribution in [2.24, 2.45) is 0 Å². The summed E-state index contributed by atoms with van der Waals surface area (Å²) in [6, 6.07) is 94.5. The molecular formula is C71H43N5O. The fourth-order valence-corrected chi connectivity index (χ4v) is 12.8. The van der Waals surface area contributed by atoms with Gasteiger partial charge >= 0.3 is 0 Å². The number of rotatable bonds is 6. The second kappa shape index (κ2) is 16.0. The molecule has 0 amide bonds. The maximum Gasteiger partial charge on any atom is 0.138 e. The van der Waals surface area contributed by atoms with E-state index in [9.17, 15) is 0 Å². The molecule has 0 aliphatic carbocycles. The van der Waals surface area contributed by atoms with Crippen LogP contribution in [0.1, 0.15) is 0 Å². The lowest BCUT2D eigenvalue weighted by Crippen LogP contribution is -1.99. The van der Waals surface area contributed by atoms with E-state index in [1.807, 2.05) is 12.1 Å². The minimum Gasteiger partial charge on any atom is -0.456 e. The zero-order chi connectivity index (χ0) is 50.3. The third kappa shape index (κ3) is 6.09. The number of hydrogen-bond acceptors (Lipinski definition) is 2. The van der Waals surface area contributed by atoms with Crippen LogP contribution in [0, 0.1) is 0 Å². The summed E-state index contributed by atoms with van der Waals surface area (Å²) in [6.45, 7) is 0. The quantitative estimate of drug-likeness (QED) is 0.167. The molecular weight excluding hydrogens is 939 g/mol. The van der Waals surface area contributed by atoms with Crippen molar-refractivity contribution in [2.45, 2.75) is 0 Å². The molecule has 6 nitrogen and oxygen atoms in total. The number of benzene rings is 11. The van der Waals surface area contributed by atoms with Crippen LogP contribution < -0.4 is 0 Å². The van der Waals surface area contributed by atoms with Crippen molar-refractivity contribution in [2.75, 3.05) is 0 Å². The molecule has 0 radical (unpaired) electrons. The molecule has 0 saturated heterocycles. The lowest BCUT2D eigenvalue weighted by molar-refractivity contribution is 0.669. The third-order valence-corrected chi connectivity index (χ3v) is 16.1. The van der Waals surface area contributed by atoms with E-state index in [1.165, 1.54) is 54.1 Å². The second-order valence-electron chi connectivity index (χ2n) is 20.3. The number of hydrogen-bond donors (Lipinski definition) is 0. The van der Waals surface area contributed by atoms with Crippen LogP contribution >= 0.6 is 0 Å². The van der Waals surface area contributed by atoms with Gasteiger partial charge in [0, 0.05) is 70.8 Å². The summed E-state index contributed by atoms with van der Waals surface area (Å²) in [5, 5.41) is 11.9. The van der Waals surface area contributed by atoms with Crippen molar-refractivity contribution in [3.8, 4) is 45.3 Å². The topological polar surface area (TPSA) is 45.8 Å². The summed E-state index contributed by atoms with van der Waals surface area (Å²) in [7, 11) is 0. The van der Waals surface area contributed by atoms with Crippen molar-refractivity contribution < 1.29 is 4.42 Å². The Morgan fingerprint density at radius 3 is 1.53 bits per heavy atom. The molecule has 0 unspecified atom stereocenters. The molecule has 6 heteroatoms. The Hall–Kier alpha value is -10.4. The molecule has 17 aromatic rings. The average Bonchev–Trinajstić information content (AvgIpc) is 4.44. The fraction of sp³-hybridized carbons (Fsp3) is 0. The maximum atomic E-state index is 6.20.